The van der Waals surface area contributed by atoms with Crippen LogP contribution in [0.2, 0.25) is 0 Å². The van der Waals surface area contributed by atoms with Gasteiger partial charge in [-0.05, 0) is 38.9 Å². The number of hydrogen-bond donors (Lipinski definition) is 3. The molecule has 1 aliphatic carbocycles. The summed E-state index contributed by atoms with van der Waals surface area (Å²) in [5.74, 6) is 0. The van der Waals surface area contributed by atoms with Crippen molar-refractivity contribution >= 4 is 6.03 Å². The highest BCUT2D eigenvalue weighted by molar-refractivity contribution is 5.74. The molecule has 5 nitrogen and oxygen atoms in total. The highest BCUT2D eigenvalue weighted by Crippen LogP contribution is 2.22. The summed E-state index contributed by atoms with van der Waals surface area (Å²) in [7, 11) is 4.15. The fraction of sp³-hybridized carbons (Fsp3) is 0.562. The van der Waals surface area contributed by atoms with Crippen molar-refractivity contribution in [2.24, 2.45) is 0 Å². The molecule has 0 saturated heterocycles. The van der Waals surface area contributed by atoms with E-state index in [9.17, 15) is 9.90 Å². The first kappa shape index (κ1) is 15.8. The van der Waals surface area contributed by atoms with Gasteiger partial charge in [0.15, 0.2) is 0 Å². The monoisotopic (exact) mass is 291 g/mol. The smallest absolute Gasteiger partial charge is 0.315 e. The number of aliphatic hydroxyl groups is 1. The lowest BCUT2D eigenvalue weighted by Gasteiger charge is -2.21. The van der Waals surface area contributed by atoms with Gasteiger partial charge in [-0.1, -0.05) is 30.3 Å². The average Bonchev–Trinajstić information content (AvgIpc) is 2.94. The predicted molar refractivity (Wildman–Crippen MR) is 83.1 cm³/mol. The molecule has 3 N–H and O–H groups in total. The summed E-state index contributed by atoms with van der Waals surface area (Å²) >= 11 is 0. The van der Waals surface area contributed by atoms with Crippen LogP contribution in [0.15, 0.2) is 30.3 Å². The second kappa shape index (κ2) is 7.43. The van der Waals surface area contributed by atoms with Crippen LogP contribution < -0.4 is 10.6 Å². The fourth-order valence-electron chi connectivity index (χ4n) is 2.86. The molecule has 21 heavy (non-hydrogen) atoms. The summed E-state index contributed by atoms with van der Waals surface area (Å²) in [6.07, 6.45) is 3.10. The van der Waals surface area contributed by atoms with Crippen molar-refractivity contribution < 1.29 is 9.90 Å². The SMILES string of the molecule is CN(C)[C@@H]1CC[C@@H](NC(=O)N[C@H](CO)c2ccccc2)C1. The molecule has 0 aromatic heterocycles. The molecule has 2 amide bonds. The van der Waals surface area contributed by atoms with Crippen molar-refractivity contribution in [2.75, 3.05) is 20.7 Å². The Labute approximate surface area is 126 Å². The Morgan fingerprint density at radius 1 is 1.33 bits per heavy atom. The van der Waals surface area contributed by atoms with Gasteiger partial charge in [0.25, 0.3) is 0 Å². The number of amides is 2. The summed E-state index contributed by atoms with van der Waals surface area (Å²) in [5.41, 5.74) is 0.910. The third kappa shape index (κ3) is 4.44. The largest absolute Gasteiger partial charge is 0.394 e. The Kier molecular flexibility index (Phi) is 5.59. The Balaban J connectivity index is 1.84. The Bertz CT molecular complexity index is 450. The summed E-state index contributed by atoms with van der Waals surface area (Å²) in [6.45, 7) is -0.109. The van der Waals surface area contributed by atoms with Crippen LogP contribution in [0.5, 0.6) is 0 Å². The molecule has 3 atom stereocenters. The third-order valence-electron chi connectivity index (χ3n) is 4.16. The van der Waals surface area contributed by atoms with Crippen LogP contribution in [-0.2, 0) is 0 Å². The van der Waals surface area contributed by atoms with Crippen molar-refractivity contribution in [3.63, 3.8) is 0 Å². The molecule has 2 rings (SSSR count). The topological polar surface area (TPSA) is 64.6 Å². The maximum absolute atomic E-state index is 12.1. The van der Waals surface area contributed by atoms with Crippen LogP contribution in [0.4, 0.5) is 4.79 Å². The van der Waals surface area contributed by atoms with Crippen molar-refractivity contribution in [1.82, 2.24) is 15.5 Å². The quantitative estimate of drug-likeness (QED) is 0.770. The van der Waals surface area contributed by atoms with Crippen LogP contribution in [-0.4, -0.2) is 48.8 Å². The van der Waals surface area contributed by atoms with E-state index in [1.54, 1.807) is 0 Å². The molecule has 0 spiro atoms. The minimum Gasteiger partial charge on any atom is -0.394 e. The number of carbonyl (C=O) groups is 1. The second-order valence-corrected chi connectivity index (χ2v) is 5.89. The second-order valence-electron chi connectivity index (χ2n) is 5.89. The van der Waals surface area contributed by atoms with Gasteiger partial charge in [0, 0.05) is 12.1 Å². The van der Waals surface area contributed by atoms with E-state index in [2.05, 4.69) is 29.6 Å². The van der Waals surface area contributed by atoms with Gasteiger partial charge in [0.1, 0.15) is 0 Å². The van der Waals surface area contributed by atoms with Gasteiger partial charge in [0.2, 0.25) is 0 Å². The van der Waals surface area contributed by atoms with E-state index in [-0.39, 0.29) is 24.7 Å². The molecule has 0 bridgehead atoms. The molecule has 1 aliphatic rings. The lowest BCUT2D eigenvalue weighted by molar-refractivity contribution is 0.213. The van der Waals surface area contributed by atoms with Crippen molar-refractivity contribution in [3.8, 4) is 0 Å². The third-order valence-corrected chi connectivity index (χ3v) is 4.16. The van der Waals surface area contributed by atoms with Crippen LogP contribution in [0.25, 0.3) is 0 Å². The number of nitrogens with zero attached hydrogens (tertiary/aromatic N) is 1. The number of hydrogen-bond acceptors (Lipinski definition) is 3. The number of aliphatic hydroxyl groups excluding tert-OH is 1. The molecule has 5 heteroatoms. The molecule has 1 saturated carbocycles. The maximum Gasteiger partial charge on any atom is 0.315 e. The summed E-state index contributed by atoms with van der Waals surface area (Å²) in [5, 5.41) is 15.3. The molecule has 0 radical (unpaired) electrons. The van der Waals surface area contributed by atoms with E-state index in [4.69, 9.17) is 0 Å². The number of rotatable bonds is 5. The molecule has 0 heterocycles. The Hall–Kier alpha value is -1.59. The zero-order valence-corrected chi connectivity index (χ0v) is 12.7. The first-order valence-corrected chi connectivity index (χ1v) is 7.49. The minimum atomic E-state index is -0.364. The van der Waals surface area contributed by atoms with Gasteiger partial charge in [-0.3, -0.25) is 0 Å². The molecule has 1 fully saturated rings. The number of urea groups is 1. The van der Waals surface area contributed by atoms with Crippen LogP contribution in [0.3, 0.4) is 0 Å². The zero-order valence-electron chi connectivity index (χ0n) is 12.7. The number of carbonyl (C=O) groups excluding carboxylic acids is 1. The van der Waals surface area contributed by atoms with Crippen molar-refractivity contribution in [3.05, 3.63) is 35.9 Å². The highest BCUT2D eigenvalue weighted by Gasteiger charge is 2.27. The molecule has 1 aromatic carbocycles. The van der Waals surface area contributed by atoms with E-state index in [1.807, 2.05) is 30.3 Å². The van der Waals surface area contributed by atoms with Gasteiger partial charge >= 0.3 is 6.03 Å². The summed E-state index contributed by atoms with van der Waals surface area (Å²) < 4.78 is 0. The van der Waals surface area contributed by atoms with Crippen molar-refractivity contribution in [1.29, 1.82) is 0 Å². The van der Waals surface area contributed by atoms with Gasteiger partial charge in [-0.2, -0.15) is 0 Å². The number of benzene rings is 1. The van der Waals surface area contributed by atoms with Crippen molar-refractivity contribution in [2.45, 2.75) is 37.4 Å². The molecule has 0 aliphatic heterocycles. The average molecular weight is 291 g/mol. The van der Waals surface area contributed by atoms with Crippen LogP contribution >= 0.6 is 0 Å². The maximum atomic E-state index is 12.1. The summed E-state index contributed by atoms with van der Waals surface area (Å²) in [6, 6.07) is 9.70. The van der Waals surface area contributed by atoms with Crippen LogP contribution in [0, 0.1) is 0 Å². The minimum absolute atomic E-state index is 0.109. The Morgan fingerprint density at radius 2 is 2.05 bits per heavy atom. The van der Waals surface area contributed by atoms with Gasteiger partial charge in [-0.15, -0.1) is 0 Å². The van der Waals surface area contributed by atoms with E-state index in [0.29, 0.717) is 6.04 Å². The fourth-order valence-corrected chi connectivity index (χ4v) is 2.86. The van der Waals surface area contributed by atoms with Gasteiger partial charge < -0.3 is 20.6 Å². The van der Waals surface area contributed by atoms with E-state index >= 15 is 0 Å². The molecule has 1 aromatic rings. The lowest BCUT2D eigenvalue weighted by atomic mass is 10.1. The van der Waals surface area contributed by atoms with E-state index in [0.717, 1.165) is 24.8 Å². The summed E-state index contributed by atoms with van der Waals surface area (Å²) in [4.78, 5) is 14.3. The first-order valence-electron chi connectivity index (χ1n) is 7.49. The van der Waals surface area contributed by atoms with Crippen LogP contribution in [0.1, 0.15) is 30.9 Å². The Morgan fingerprint density at radius 3 is 2.62 bits per heavy atom. The predicted octanol–water partition coefficient (Wildman–Crippen LogP) is 1.50. The number of nitrogens with one attached hydrogen (secondary N) is 2. The van der Waals surface area contributed by atoms with E-state index < -0.39 is 0 Å². The zero-order chi connectivity index (χ0) is 15.2. The van der Waals surface area contributed by atoms with Gasteiger partial charge in [0.05, 0.1) is 12.6 Å². The molecular formula is C16H25N3O2. The molecule has 0 unspecified atom stereocenters. The highest BCUT2D eigenvalue weighted by atomic mass is 16.3. The van der Waals surface area contributed by atoms with Gasteiger partial charge in [-0.25, -0.2) is 4.79 Å². The molecule has 116 valence electrons. The first-order chi connectivity index (χ1) is 10.1. The molecular weight excluding hydrogens is 266 g/mol. The normalized spacial score (nSPS) is 23.0. The lowest BCUT2D eigenvalue weighted by Crippen LogP contribution is -2.44. The standard InChI is InChI=1S/C16H25N3O2/c1-19(2)14-9-8-13(10-14)17-16(21)18-15(11-20)12-6-4-3-5-7-12/h3-7,13-15,20H,8-11H2,1-2H3,(H2,17,18,21)/t13-,14-,15-/m1/s1. The van der Waals surface area contributed by atoms with E-state index in [1.165, 1.54) is 0 Å².